The van der Waals surface area contributed by atoms with E-state index < -0.39 is 0 Å². The molecular formula is C21H25N3O. The van der Waals surface area contributed by atoms with Gasteiger partial charge in [0.2, 0.25) is 5.91 Å². The number of hydrogen-bond acceptors (Lipinski definition) is 3. The Balaban J connectivity index is 1.31. The van der Waals surface area contributed by atoms with Gasteiger partial charge in [0.1, 0.15) is 0 Å². The molecule has 2 fully saturated rings. The van der Waals surface area contributed by atoms with Gasteiger partial charge in [0.05, 0.1) is 5.41 Å². The minimum atomic E-state index is -0.0920. The Bertz CT molecular complexity index is 751. The Morgan fingerprint density at radius 1 is 1.08 bits per heavy atom. The Kier molecular flexibility index (Phi) is 4.30. The Morgan fingerprint density at radius 3 is 2.56 bits per heavy atom. The van der Waals surface area contributed by atoms with Gasteiger partial charge in [0.25, 0.3) is 0 Å². The van der Waals surface area contributed by atoms with Gasteiger partial charge in [0, 0.05) is 32.0 Å². The Morgan fingerprint density at radius 2 is 1.88 bits per heavy atom. The summed E-state index contributed by atoms with van der Waals surface area (Å²) < 4.78 is 0. The van der Waals surface area contributed by atoms with Crippen molar-refractivity contribution in [1.29, 1.82) is 0 Å². The minimum Gasteiger partial charge on any atom is -0.337 e. The lowest BCUT2D eigenvalue weighted by Gasteiger charge is -2.52. The summed E-state index contributed by atoms with van der Waals surface area (Å²) >= 11 is 0. The van der Waals surface area contributed by atoms with Gasteiger partial charge >= 0.3 is 0 Å². The number of β-lactam (4-membered cyclic amide) rings is 1. The van der Waals surface area contributed by atoms with Crippen LogP contribution in [0.25, 0.3) is 0 Å². The van der Waals surface area contributed by atoms with E-state index in [9.17, 15) is 4.79 Å². The third kappa shape index (κ3) is 3.31. The van der Waals surface area contributed by atoms with Gasteiger partial charge in [-0.1, -0.05) is 35.9 Å². The maximum absolute atomic E-state index is 12.7. The number of carbonyl (C=O) groups excluding carboxylic acids is 1. The van der Waals surface area contributed by atoms with Crippen molar-refractivity contribution in [2.24, 2.45) is 5.41 Å². The fourth-order valence-corrected chi connectivity index (χ4v) is 4.17. The molecule has 0 bridgehead atoms. The average molecular weight is 335 g/mol. The molecular weight excluding hydrogens is 310 g/mol. The van der Waals surface area contributed by atoms with Crippen molar-refractivity contribution in [3.63, 3.8) is 0 Å². The van der Waals surface area contributed by atoms with Crippen molar-refractivity contribution in [2.45, 2.75) is 32.9 Å². The zero-order chi connectivity index (χ0) is 17.3. The quantitative estimate of drug-likeness (QED) is 0.806. The van der Waals surface area contributed by atoms with Crippen LogP contribution in [0.15, 0.2) is 48.8 Å². The molecule has 0 radical (unpaired) electrons. The summed E-state index contributed by atoms with van der Waals surface area (Å²) in [5.41, 5.74) is 3.70. The van der Waals surface area contributed by atoms with Crippen molar-refractivity contribution in [2.75, 3.05) is 19.6 Å². The van der Waals surface area contributed by atoms with Crippen LogP contribution >= 0.6 is 0 Å². The highest BCUT2D eigenvalue weighted by atomic mass is 16.2. The third-order valence-corrected chi connectivity index (χ3v) is 5.63. The summed E-state index contributed by atoms with van der Waals surface area (Å²) in [6.45, 7) is 6.76. The molecule has 2 aliphatic rings. The number of carbonyl (C=O) groups is 1. The van der Waals surface area contributed by atoms with Crippen LogP contribution < -0.4 is 0 Å². The molecule has 0 saturated carbocycles. The second-order valence-corrected chi connectivity index (χ2v) is 7.57. The van der Waals surface area contributed by atoms with Gasteiger partial charge in [-0.05, 0) is 50.0 Å². The first-order chi connectivity index (χ1) is 12.1. The maximum atomic E-state index is 12.7. The molecule has 2 aromatic rings. The highest BCUT2D eigenvalue weighted by molar-refractivity contribution is 5.88. The molecule has 1 aromatic heterocycles. The Hall–Kier alpha value is -2.20. The van der Waals surface area contributed by atoms with Gasteiger partial charge < -0.3 is 4.90 Å². The third-order valence-electron chi connectivity index (χ3n) is 5.63. The van der Waals surface area contributed by atoms with Crippen LogP contribution in [-0.2, 0) is 17.9 Å². The van der Waals surface area contributed by atoms with Crippen LogP contribution in [0.1, 0.15) is 29.5 Å². The molecule has 0 unspecified atom stereocenters. The number of benzene rings is 1. The number of aryl methyl sites for hydroxylation is 1. The standard InChI is InChI=1S/C21H25N3O/c1-17-4-2-5-18(12-17)14-23-10-7-21(8-11-23)16-24(20(21)25)15-19-6-3-9-22-13-19/h2-6,9,12-13H,7-8,10-11,14-16H2,1H3. The lowest BCUT2D eigenvalue weighted by atomic mass is 9.71. The first-order valence-electron chi connectivity index (χ1n) is 9.11. The van der Waals surface area contributed by atoms with Crippen LogP contribution in [0, 0.1) is 12.3 Å². The van der Waals surface area contributed by atoms with E-state index in [4.69, 9.17) is 0 Å². The van der Waals surface area contributed by atoms with Crippen molar-refractivity contribution >= 4 is 5.91 Å². The fourth-order valence-electron chi connectivity index (χ4n) is 4.17. The molecule has 0 aliphatic carbocycles. The van der Waals surface area contributed by atoms with Crippen LogP contribution in [0.4, 0.5) is 0 Å². The van der Waals surface area contributed by atoms with Gasteiger partial charge in [-0.15, -0.1) is 0 Å². The van der Waals surface area contributed by atoms with E-state index in [0.29, 0.717) is 12.5 Å². The molecule has 4 heteroatoms. The van der Waals surface area contributed by atoms with Crippen LogP contribution in [0.3, 0.4) is 0 Å². The number of amides is 1. The van der Waals surface area contributed by atoms with Crippen LogP contribution in [0.2, 0.25) is 0 Å². The summed E-state index contributed by atoms with van der Waals surface area (Å²) in [7, 11) is 0. The molecule has 2 saturated heterocycles. The fraction of sp³-hybridized carbons (Fsp3) is 0.429. The lowest BCUT2D eigenvalue weighted by Crippen LogP contribution is -2.64. The van der Waals surface area contributed by atoms with E-state index >= 15 is 0 Å². The number of aromatic nitrogens is 1. The topological polar surface area (TPSA) is 36.4 Å². The molecule has 2 aliphatic heterocycles. The van der Waals surface area contributed by atoms with E-state index in [1.807, 2.05) is 23.2 Å². The highest BCUT2D eigenvalue weighted by Crippen LogP contribution is 2.42. The predicted octanol–water partition coefficient (Wildman–Crippen LogP) is 3.01. The SMILES string of the molecule is Cc1cccc(CN2CCC3(CC2)CN(Cc2cccnc2)C3=O)c1. The summed E-state index contributed by atoms with van der Waals surface area (Å²) in [5, 5.41) is 0. The molecule has 0 N–H and O–H groups in total. The van der Waals surface area contributed by atoms with Gasteiger partial charge in [-0.3, -0.25) is 14.7 Å². The molecule has 1 amide bonds. The van der Waals surface area contributed by atoms with E-state index in [-0.39, 0.29) is 5.41 Å². The molecule has 1 spiro atoms. The summed E-state index contributed by atoms with van der Waals surface area (Å²) in [5.74, 6) is 0.339. The normalized spacial score (nSPS) is 19.9. The van der Waals surface area contributed by atoms with E-state index in [0.717, 1.165) is 44.6 Å². The second kappa shape index (κ2) is 6.60. The molecule has 1 aromatic carbocycles. The zero-order valence-electron chi connectivity index (χ0n) is 14.8. The summed E-state index contributed by atoms with van der Waals surface area (Å²) in [6.07, 6.45) is 5.60. The number of likely N-dealkylation sites (tertiary alicyclic amines) is 2. The molecule has 4 nitrogen and oxygen atoms in total. The van der Waals surface area contributed by atoms with Crippen LogP contribution in [0.5, 0.6) is 0 Å². The predicted molar refractivity (Wildman–Crippen MR) is 97.8 cm³/mol. The molecule has 130 valence electrons. The number of nitrogens with zero attached hydrogens (tertiary/aromatic N) is 3. The number of pyridine rings is 1. The zero-order valence-corrected chi connectivity index (χ0v) is 14.8. The largest absolute Gasteiger partial charge is 0.337 e. The molecule has 3 heterocycles. The number of piperidine rings is 1. The van der Waals surface area contributed by atoms with Gasteiger partial charge in [-0.25, -0.2) is 0 Å². The van der Waals surface area contributed by atoms with Crippen molar-refractivity contribution < 1.29 is 4.79 Å². The van der Waals surface area contributed by atoms with Gasteiger partial charge in [0.15, 0.2) is 0 Å². The molecule has 0 atom stereocenters. The first-order valence-corrected chi connectivity index (χ1v) is 9.11. The average Bonchev–Trinajstić information content (AvgIpc) is 2.63. The molecule has 25 heavy (non-hydrogen) atoms. The number of rotatable bonds is 4. The summed E-state index contributed by atoms with van der Waals surface area (Å²) in [4.78, 5) is 21.3. The van der Waals surface area contributed by atoms with E-state index in [1.54, 1.807) is 6.20 Å². The van der Waals surface area contributed by atoms with Gasteiger partial charge in [-0.2, -0.15) is 0 Å². The minimum absolute atomic E-state index is 0.0920. The summed E-state index contributed by atoms with van der Waals surface area (Å²) in [6, 6.07) is 12.7. The first kappa shape index (κ1) is 16.3. The van der Waals surface area contributed by atoms with Crippen molar-refractivity contribution in [3.8, 4) is 0 Å². The van der Waals surface area contributed by atoms with Crippen LogP contribution in [-0.4, -0.2) is 40.3 Å². The van der Waals surface area contributed by atoms with Crippen molar-refractivity contribution in [3.05, 3.63) is 65.5 Å². The number of hydrogen-bond donors (Lipinski definition) is 0. The Labute approximate surface area is 149 Å². The lowest BCUT2D eigenvalue weighted by molar-refractivity contribution is -0.166. The second-order valence-electron chi connectivity index (χ2n) is 7.57. The van der Waals surface area contributed by atoms with Crippen molar-refractivity contribution in [1.82, 2.24) is 14.8 Å². The van der Waals surface area contributed by atoms with E-state index in [1.165, 1.54) is 11.1 Å². The monoisotopic (exact) mass is 335 g/mol. The highest BCUT2D eigenvalue weighted by Gasteiger charge is 2.52. The van der Waals surface area contributed by atoms with E-state index in [2.05, 4.69) is 41.1 Å². The smallest absolute Gasteiger partial charge is 0.231 e. The molecule has 4 rings (SSSR count). The maximum Gasteiger partial charge on any atom is 0.231 e.